The van der Waals surface area contributed by atoms with E-state index in [1.54, 1.807) is 4.90 Å². The largest absolute Gasteiger partial charge is 0.339 e. The number of para-hydroxylation sites is 1. The van der Waals surface area contributed by atoms with Gasteiger partial charge in [-0.3, -0.25) is 4.79 Å². The van der Waals surface area contributed by atoms with Crippen LogP contribution < -0.4 is 10.2 Å². The molecule has 0 radical (unpaired) electrons. The first-order chi connectivity index (χ1) is 11.1. The van der Waals surface area contributed by atoms with E-state index in [0.29, 0.717) is 31.1 Å². The lowest BCUT2D eigenvalue weighted by Gasteiger charge is -2.17. The molecule has 2 unspecified atom stereocenters. The van der Waals surface area contributed by atoms with Crippen molar-refractivity contribution in [3.63, 3.8) is 0 Å². The van der Waals surface area contributed by atoms with Crippen molar-refractivity contribution in [2.45, 2.75) is 31.7 Å². The van der Waals surface area contributed by atoms with E-state index in [9.17, 15) is 4.79 Å². The summed E-state index contributed by atoms with van der Waals surface area (Å²) in [5, 5.41) is 7.17. The second-order valence-corrected chi connectivity index (χ2v) is 6.65. The molecule has 2 heterocycles. The molecule has 1 fully saturated rings. The van der Waals surface area contributed by atoms with Gasteiger partial charge >= 0.3 is 0 Å². The van der Waals surface area contributed by atoms with E-state index in [1.807, 2.05) is 31.3 Å². The van der Waals surface area contributed by atoms with Gasteiger partial charge in [0.25, 0.3) is 0 Å². The number of nitrogens with zero attached hydrogens (tertiary/aromatic N) is 3. The van der Waals surface area contributed by atoms with Crippen molar-refractivity contribution >= 4 is 27.5 Å². The van der Waals surface area contributed by atoms with Crippen LogP contribution in [0, 0.1) is 0 Å². The number of carbonyl (C=O) groups excluding carboxylic acids is 1. The fourth-order valence-corrected chi connectivity index (χ4v) is 3.17. The van der Waals surface area contributed by atoms with Gasteiger partial charge in [0.1, 0.15) is 0 Å². The number of hydrogen-bond acceptors (Lipinski definition) is 5. The van der Waals surface area contributed by atoms with Crippen LogP contribution in [0.25, 0.3) is 0 Å². The van der Waals surface area contributed by atoms with Crippen LogP contribution in [0.5, 0.6) is 0 Å². The Hall–Kier alpha value is -1.73. The van der Waals surface area contributed by atoms with E-state index >= 15 is 0 Å². The zero-order valence-corrected chi connectivity index (χ0v) is 14.7. The molecule has 122 valence electrons. The Labute approximate surface area is 143 Å². The molecule has 1 aliphatic rings. The Bertz CT molecular complexity index is 703. The Morgan fingerprint density at radius 3 is 3.00 bits per heavy atom. The summed E-state index contributed by atoms with van der Waals surface area (Å²) in [4.78, 5) is 18.6. The molecule has 2 aromatic rings. The minimum atomic E-state index is -0.0549. The summed E-state index contributed by atoms with van der Waals surface area (Å²) < 4.78 is 6.28. The molecule has 1 aromatic carbocycles. The molecule has 6 nitrogen and oxygen atoms in total. The number of nitrogens with one attached hydrogen (secondary N) is 1. The fraction of sp³-hybridized carbons (Fsp3) is 0.438. The molecule has 23 heavy (non-hydrogen) atoms. The summed E-state index contributed by atoms with van der Waals surface area (Å²) in [5.41, 5.74) is 0.878. The van der Waals surface area contributed by atoms with Crippen molar-refractivity contribution in [3.8, 4) is 0 Å². The molecule has 1 N–H and O–H groups in total. The average molecular weight is 379 g/mol. The lowest BCUT2D eigenvalue weighted by atomic mass is 10.1. The van der Waals surface area contributed by atoms with Gasteiger partial charge in [-0.1, -0.05) is 17.3 Å². The maximum absolute atomic E-state index is 12.3. The van der Waals surface area contributed by atoms with Gasteiger partial charge in [0.15, 0.2) is 5.82 Å². The highest BCUT2D eigenvalue weighted by Crippen LogP contribution is 2.34. The van der Waals surface area contributed by atoms with Gasteiger partial charge in [-0.15, -0.1) is 0 Å². The standard InChI is InChI=1S/C16H19BrN4O2/c1-10(18-2)7-14-19-16(23-20-14)11-8-15(22)21(9-11)13-6-4-3-5-12(13)17/h3-6,10-11,18H,7-9H2,1-2H3. The predicted molar refractivity (Wildman–Crippen MR) is 90.4 cm³/mol. The van der Waals surface area contributed by atoms with E-state index in [-0.39, 0.29) is 17.9 Å². The van der Waals surface area contributed by atoms with E-state index in [2.05, 4.69) is 38.3 Å². The molecular weight excluding hydrogens is 360 g/mol. The second-order valence-electron chi connectivity index (χ2n) is 5.80. The van der Waals surface area contributed by atoms with Crippen LogP contribution in [-0.2, 0) is 11.2 Å². The van der Waals surface area contributed by atoms with Crippen LogP contribution in [-0.4, -0.2) is 35.7 Å². The van der Waals surface area contributed by atoms with Gasteiger partial charge in [0.05, 0.1) is 11.6 Å². The Kier molecular flexibility index (Phi) is 4.77. The Morgan fingerprint density at radius 2 is 2.26 bits per heavy atom. The number of benzene rings is 1. The molecule has 1 aliphatic heterocycles. The summed E-state index contributed by atoms with van der Waals surface area (Å²) >= 11 is 3.50. The second kappa shape index (κ2) is 6.80. The number of amides is 1. The highest BCUT2D eigenvalue weighted by molar-refractivity contribution is 9.10. The Morgan fingerprint density at radius 1 is 1.48 bits per heavy atom. The molecule has 1 aromatic heterocycles. The number of carbonyl (C=O) groups is 1. The third-order valence-electron chi connectivity index (χ3n) is 4.08. The van der Waals surface area contributed by atoms with Crippen molar-refractivity contribution in [2.24, 2.45) is 0 Å². The highest BCUT2D eigenvalue weighted by atomic mass is 79.9. The van der Waals surface area contributed by atoms with E-state index in [4.69, 9.17) is 4.52 Å². The van der Waals surface area contributed by atoms with Crippen LogP contribution in [0.2, 0.25) is 0 Å². The average Bonchev–Trinajstić information content (AvgIpc) is 3.14. The van der Waals surface area contributed by atoms with Gasteiger partial charge in [0.2, 0.25) is 11.8 Å². The zero-order valence-electron chi connectivity index (χ0n) is 13.1. The van der Waals surface area contributed by atoms with Crippen molar-refractivity contribution in [3.05, 3.63) is 40.5 Å². The van der Waals surface area contributed by atoms with Gasteiger partial charge in [-0.2, -0.15) is 4.98 Å². The number of anilines is 1. The normalized spacial score (nSPS) is 19.3. The van der Waals surface area contributed by atoms with Crippen LogP contribution in [0.4, 0.5) is 5.69 Å². The molecule has 0 saturated carbocycles. The van der Waals surface area contributed by atoms with Crippen molar-refractivity contribution in [1.29, 1.82) is 0 Å². The van der Waals surface area contributed by atoms with Crippen LogP contribution in [0.3, 0.4) is 0 Å². The SMILES string of the molecule is CNC(C)Cc1noc(C2CC(=O)N(c3ccccc3Br)C2)n1. The summed E-state index contributed by atoms with van der Waals surface area (Å²) in [6, 6.07) is 7.99. The molecule has 1 saturated heterocycles. The van der Waals surface area contributed by atoms with Gasteiger partial charge in [0, 0.05) is 29.9 Å². The molecule has 0 bridgehead atoms. The molecular formula is C16H19BrN4O2. The first-order valence-electron chi connectivity index (χ1n) is 7.63. The van der Waals surface area contributed by atoms with Gasteiger partial charge < -0.3 is 14.7 Å². The smallest absolute Gasteiger partial charge is 0.232 e. The summed E-state index contributed by atoms with van der Waals surface area (Å²) in [7, 11) is 1.90. The fourth-order valence-electron chi connectivity index (χ4n) is 2.67. The zero-order chi connectivity index (χ0) is 16.4. The van der Waals surface area contributed by atoms with E-state index in [0.717, 1.165) is 10.2 Å². The lowest BCUT2D eigenvalue weighted by Crippen LogP contribution is -2.24. The predicted octanol–water partition coefficient (Wildman–Crippen LogP) is 2.50. The quantitative estimate of drug-likeness (QED) is 0.865. The number of aromatic nitrogens is 2. The van der Waals surface area contributed by atoms with Crippen LogP contribution >= 0.6 is 15.9 Å². The summed E-state index contributed by atoms with van der Waals surface area (Å²) in [5.74, 6) is 1.24. The van der Waals surface area contributed by atoms with E-state index < -0.39 is 0 Å². The van der Waals surface area contributed by atoms with Crippen LogP contribution in [0.1, 0.15) is 31.0 Å². The maximum atomic E-state index is 12.3. The summed E-state index contributed by atoms with van der Waals surface area (Å²) in [6.45, 7) is 2.62. The number of rotatable bonds is 5. The monoisotopic (exact) mass is 378 g/mol. The first-order valence-corrected chi connectivity index (χ1v) is 8.42. The molecule has 7 heteroatoms. The van der Waals surface area contributed by atoms with E-state index in [1.165, 1.54) is 0 Å². The third kappa shape index (κ3) is 3.45. The number of likely N-dealkylation sites (N-methyl/N-ethyl adjacent to an activating group) is 1. The van der Waals surface area contributed by atoms with Crippen LogP contribution in [0.15, 0.2) is 33.3 Å². The van der Waals surface area contributed by atoms with Gasteiger partial charge in [-0.05, 0) is 42.0 Å². The third-order valence-corrected chi connectivity index (χ3v) is 4.75. The topological polar surface area (TPSA) is 71.3 Å². The molecule has 1 amide bonds. The highest BCUT2D eigenvalue weighted by Gasteiger charge is 2.35. The minimum absolute atomic E-state index is 0.0549. The van der Waals surface area contributed by atoms with Crippen molar-refractivity contribution in [2.75, 3.05) is 18.5 Å². The van der Waals surface area contributed by atoms with Crippen molar-refractivity contribution < 1.29 is 9.32 Å². The number of hydrogen-bond donors (Lipinski definition) is 1. The van der Waals surface area contributed by atoms with Crippen molar-refractivity contribution in [1.82, 2.24) is 15.5 Å². The lowest BCUT2D eigenvalue weighted by molar-refractivity contribution is -0.117. The Balaban J connectivity index is 1.74. The molecule has 3 rings (SSSR count). The molecule has 0 spiro atoms. The first kappa shape index (κ1) is 16.1. The molecule has 0 aliphatic carbocycles. The van der Waals surface area contributed by atoms with Gasteiger partial charge in [-0.25, -0.2) is 0 Å². The molecule has 2 atom stereocenters. The number of halogens is 1. The maximum Gasteiger partial charge on any atom is 0.232 e. The minimum Gasteiger partial charge on any atom is -0.339 e. The summed E-state index contributed by atoms with van der Waals surface area (Å²) in [6.07, 6.45) is 1.10.